The number of halogens is 1. The van der Waals surface area contributed by atoms with Gasteiger partial charge >= 0.3 is 0 Å². The lowest BCUT2D eigenvalue weighted by Crippen LogP contribution is -2.33. The molecular formula is C19H17ClN6OS. The number of amides is 1. The van der Waals surface area contributed by atoms with E-state index in [9.17, 15) is 4.79 Å². The molecule has 1 heterocycles. The van der Waals surface area contributed by atoms with Crippen molar-refractivity contribution in [2.24, 2.45) is 0 Å². The van der Waals surface area contributed by atoms with Gasteiger partial charge in [0.2, 0.25) is 11.1 Å². The molecule has 0 saturated heterocycles. The van der Waals surface area contributed by atoms with Crippen LogP contribution in [0.25, 0.3) is 11.4 Å². The van der Waals surface area contributed by atoms with Crippen LogP contribution in [0.2, 0.25) is 5.02 Å². The molecule has 1 aromatic heterocycles. The van der Waals surface area contributed by atoms with Gasteiger partial charge in [0.25, 0.3) is 0 Å². The van der Waals surface area contributed by atoms with Crippen molar-refractivity contribution >= 4 is 35.0 Å². The molecule has 0 aliphatic rings. The van der Waals surface area contributed by atoms with Crippen LogP contribution < -0.4 is 10.7 Å². The summed E-state index contributed by atoms with van der Waals surface area (Å²) in [6.45, 7) is 0.322. The van der Waals surface area contributed by atoms with Crippen molar-refractivity contribution in [2.75, 3.05) is 23.0 Å². The Morgan fingerprint density at radius 3 is 2.71 bits per heavy atom. The molecule has 9 heteroatoms. The van der Waals surface area contributed by atoms with Crippen LogP contribution in [0.3, 0.4) is 0 Å². The SMILES string of the molecule is N#CCCN(C(=O)CSc1nnc(-c2cccc(Cl)c2)n1N)c1ccccc1. The molecule has 0 unspecified atom stereocenters. The normalized spacial score (nSPS) is 10.4. The minimum atomic E-state index is -0.140. The van der Waals surface area contributed by atoms with Crippen LogP contribution >= 0.6 is 23.4 Å². The molecule has 2 N–H and O–H groups in total. The molecular weight excluding hydrogens is 396 g/mol. The van der Waals surface area contributed by atoms with Crippen molar-refractivity contribution in [3.05, 3.63) is 59.6 Å². The minimum Gasteiger partial charge on any atom is -0.335 e. The fourth-order valence-electron chi connectivity index (χ4n) is 2.57. The number of nitriles is 1. The van der Waals surface area contributed by atoms with Crippen LogP contribution in [0.15, 0.2) is 59.8 Å². The number of nitrogens with two attached hydrogens (primary N) is 1. The van der Waals surface area contributed by atoms with Crippen LogP contribution in [-0.2, 0) is 4.79 Å². The summed E-state index contributed by atoms with van der Waals surface area (Å²) in [5.41, 5.74) is 1.48. The Morgan fingerprint density at radius 2 is 2.00 bits per heavy atom. The number of benzene rings is 2. The number of thioether (sulfide) groups is 1. The van der Waals surface area contributed by atoms with Gasteiger partial charge in [0, 0.05) is 22.8 Å². The van der Waals surface area contributed by atoms with E-state index < -0.39 is 0 Å². The maximum atomic E-state index is 12.7. The lowest BCUT2D eigenvalue weighted by molar-refractivity contribution is -0.116. The van der Waals surface area contributed by atoms with E-state index in [2.05, 4.69) is 16.3 Å². The Balaban J connectivity index is 1.72. The topological polar surface area (TPSA) is 101 Å². The highest BCUT2D eigenvalue weighted by Gasteiger charge is 2.18. The van der Waals surface area contributed by atoms with Gasteiger partial charge in [-0.05, 0) is 24.3 Å². The van der Waals surface area contributed by atoms with Gasteiger partial charge in [0.15, 0.2) is 5.82 Å². The maximum absolute atomic E-state index is 12.7. The van der Waals surface area contributed by atoms with E-state index in [4.69, 9.17) is 22.7 Å². The predicted molar refractivity (Wildman–Crippen MR) is 110 cm³/mol. The molecule has 3 rings (SSSR count). The minimum absolute atomic E-state index is 0.116. The van der Waals surface area contributed by atoms with Gasteiger partial charge in [-0.15, -0.1) is 10.2 Å². The number of anilines is 1. The van der Waals surface area contributed by atoms with Crippen LogP contribution in [-0.4, -0.2) is 33.1 Å². The summed E-state index contributed by atoms with van der Waals surface area (Å²) in [5, 5.41) is 18.0. The quantitative estimate of drug-likeness (QED) is 0.471. The molecule has 0 fully saturated rings. The van der Waals surface area contributed by atoms with Gasteiger partial charge in [-0.25, -0.2) is 4.68 Å². The highest BCUT2D eigenvalue weighted by atomic mass is 35.5. The van der Waals surface area contributed by atoms with Crippen LogP contribution in [0.4, 0.5) is 5.69 Å². The van der Waals surface area contributed by atoms with Crippen molar-refractivity contribution in [1.82, 2.24) is 14.9 Å². The van der Waals surface area contributed by atoms with Crippen molar-refractivity contribution < 1.29 is 4.79 Å². The van der Waals surface area contributed by atoms with Crippen molar-refractivity contribution in [1.29, 1.82) is 5.26 Å². The Bertz CT molecular complexity index is 1000. The summed E-state index contributed by atoms with van der Waals surface area (Å²) >= 11 is 7.20. The Kier molecular flexibility index (Phi) is 6.53. The fourth-order valence-corrected chi connectivity index (χ4v) is 3.49. The second-order valence-corrected chi connectivity index (χ2v) is 7.14. The van der Waals surface area contributed by atoms with Gasteiger partial charge in [0.05, 0.1) is 18.2 Å². The maximum Gasteiger partial charge on any atom is 0.237 e. The number of aromatic nitrogens is 3. The molecule has 0 aliphatic carbocycles. The Labute approximate surface area is 171 Å². The molecule has 1 amide bonds. The third-order valence-electron chi connectivity index (χ3n) is 3.89. The molecule has 0 saturated carbocycles. The average molecular weight is 413 g/mol. The molecule has 0 atom stereocenters. The molecule has 7 nitrogen and oxygen atoms in total. The van der Waals surface area contributed by atoms with E-state index in [0.29, 0.717) is 22.5 Å². The summed E-state index contributed by atoms with van der Waals surface area (Å²) in [7, 11) is 0. The molecule has 0 spiro atoms. The average Bonchev–Trinajstić information content (AvgIpc) is 3.08. The largest absolute Gasteiger partial charge is 0.335 e. The molecule has 3 aromatic rings. The van der Waals surface area contributed by atoms with E-state index in [1.807, 2.05) is 36.4 Å². The number of rotatable bonds is 7. The van der Waals surface area contributed by atoms with Gasteiger partial charge in [-0.3, -0.25) is 4.79 Å². The molecule has 28 heavy (non-hydrogen) atoms. The zero-order valence-electron chi connectivity index (χ0n) is 14.8. The van der Waals surface area contributed by atoms with Crippen molar-refractivity contribution in [3.63, 3.8) is 0 Å². The van der Waals surface area contributed by atoms with Gasteiger partial charge in [-0.2, -0.15) is 5.26 Å². The van der Waals surface area contributed by atoms with Crippen molar-refractivity contribution in [3.8, 4) is 17.5 Å². The van der Waals surface area contributed by atoms with E-state index in [1.54, 1.807) is 23.1 Å². The van der Waals surface area contributed by atoms with E-state index >= 15 is 0 Å². The smallest absolute Gasteiger partial charge is 0.237 e. The number of hydrogen-bond acceptors (Lipinski definition) is 6. The second kappa shape index (κ2) is 9.26. The summed E-state index contributed by atoms with van der Waals surface area (Å²) in [6, 6.07) is 18.5. The number of carbonyl (C=O) groups excluding carboxylic acids is 1. The standard InChI is InChI=1S/C19H17ClN6OS/c20-15-7-4-6-14(12-15)18-23-24-19(26(18)22)28-13-17(27)25(11-5-10-21)16-8-2-1-3-9-16/h1-4,6-9,12H,5,11,13,22H2. The van der Waals surface area contributed by atoms with Gasteiger partial charge in [-0.1, -0.05) is 53.7 Å². The van der Waals surface area contributed by atoms with E-state index in [-0.39, 0.29) is 18.1 Å². The molecule has 142 valence electrons. The number of nitrogen functional groups attached to an aromatic ring is 1. The fraction of sp³-hybridized carbons (Fsp3) is 0.158. The summed E-state index contributed by atoms with van der Waals surface area (Å²) in [6.07, 6.45) is 0.247. The van der Waals surface area contributed by atoms with Crippen LogP contribution in [0, 0.1) is 11.3 Å². The first-order chi connectivity index (χ1) is 13.6. The number of para-hydroxylation sites is 1. The zero-order valence-corrected chi connectivity index (χ0v) is 16.4. The second-order valence-electron chi connectivity index (χ2n) is 5.76. The Hall–Kier alpha value is -3.02. The van der Waals surface area contributed by atoms with Crippen LogP contribution in [0.5, 0.6) is 0 Å². The van der Waals surface area contributed by atoms with Crippen molar-refractivity contribution in [2.45, 2.75) is 11.6 Å². The van der Waals surface area contributed by atoms with Gasteiger partial charge < -0.3 is 10.7 Å². The third-order valence-corrected chi connectivity index (χ3v) is 5.05. The highest BCUT2D eigenvalue weighted by Crippen LogP contribution is 2.24. The monoisotopic (exact) mass is 412 g/mol. The molecule has 0 bridgehead atoms. The molecule has 0 aliphatic heterocycles. The summed E-state index contributed by atoms with van der Waals surface area (Å²) < 4.78 is 1.34. The van der Waals surface area contributed by atoms with Crippen LogP contribution in [0.1, 0.15) is 6.42 Å². The number of carbonyl (C=O) groups is 1. The summed E-state index contributed by atoms with van der Waals surface area (Å²) in [4.78, 5) is 14.3. The van der Waals surface area contributed by atoms with Gasteiger partial charge in [0.1, 0.15) is 0 Å². The predicted octanol–water partition coefficient (Wildman–Crippen LogP) is 3.35. The molecule has 2 aromatic carbocycles. The first-order valence-corrected chi connectivity index (χ1v) is 9.78. The lowest BCUT2D eigenvalue weighted by Gasteiger charge is -2.21. The van der Waals surface area contributed by atoms with E-state index in [1.165, 1.54) is 16.4 Å². The zero-order chi connectivity index (χ0) is 19.9. The third kappa shape index (κ3) is 4.63. The first kappa shape index (κ1) is 19.7. The number of nitrogens with zero attached hydrogens (tertiary/aromatic N) is 5. The number of hydrogen-bond donors (Lipinski definition) is 1. The molecule has 0 radical (unpaired) electrons. The summed E-state index contributed by atoms with van der Waals surface area (Å²) in [5.74, 6) is 6.54. The Morgan fingerprint density at radius 1 is 1.21 bits per heavy atom. The lowest BCUT2D eigenvalue weighted by atomic mass is 10.2. The first-order valence-electron chi connectivity index (χ1n) is 8.41. The van der Waals surface area contributed by atoms with E-state index in [0.717, 1.165) is 11.3 Å². The highest BCUT2D eigenvalue weighted by molar-refractivity contribution is 7.99.